The maximum absolute atomic E-state index is 11.2. The molecule has 0 radical (unpaired) electrons. The molecule has 5 nitrogen and oxygen atoms in total. The number of carbonyl (C=O) groups is 1. The molecular formula is C15H23N3O2. The van der Waals surface area contributed by atoms with Crippen LogP contribution in [-0.4, -0.2) is 48.7 Å². The molecule has 0 bridgehead atoms. The lowest BCUT2D eigenvalue weighted by atomic mass is 9.93. The molecule has 0 unspecified atom stereocenters. The summed E-state index contributed by atoms with van der Waals surface area (Å²) in [7, 11) is 0. The number of hydrogen-bond donors (Lipinski definition) is 2. The molecule has 1 heterocycles. The highest BCUT2D eigenvalue weighted by atomic mass is 16.4. The number of nitrogen functional groups attached to an aromatic ring is 1. The summed E-state index contributed by atoms with van der Waals surface area (Å²) in [6.07, 6.45) is 0. The second-order valence-corrected chi connectivity index (χ2v) is 6.01. The Bertz CT molecular complexity index is 480. The van der Waals surface area contributed by atoms with Crippen LogP contribution in [0.2, 0.25) is 0 Å². The van der Waals surface area contributed by atoms with Crippen LogP contribution in [0.4, 0.5) is 11.4 Å². The smallest absolute Gasteiger partial charge is 0.310 e. The standard InChI is InChI=1S/C15H23N3O2/c1-15(2,14(19)20)11-17-7-9-18(10-8-17)13-6-4-3-5-12(13)16/h3-6H,7-11,16H2,1-2H3,(H,19,20). The highest BCUT2D eigenvalue weighted by molar-refractivity contribution is 5.73. The lowest BCUT2D eigenvalue weighted by Crippen LogP contribution is -2.50. The number of carboxylic acid groups (broad SMARTS) is 1. The molecule has 2 rings (SSSR count). The van der Waals surface area contributed by atoms with Crippen molar-refractivity contribution in [2.75, 3.05) is 43.4 Å². The SMILES string of the molecule is CC(C)(CN1CCN(c2ccccc2N)CC1)C(=O)O. The van der Waals surface area contributed by atoms with Gasteiger partial charge in [0.25, 0.3) is 0 Å². The van der Waals surface area contributed by atoms with Gasteiger partial charge in [-0.25, -0.2) is 0 Å². The van der Waals surface area contributed by atoms with Crippen LogP contribution in [0.5, 0.6) is 0 Å². The van der Waals surface area contributed by atoms with E-state index >= 15 is 0 Å². The Morgan fingerprint density at radius 3 is 2.40 bits per heavy atom. The van der Waals surface area contributed by atoms with Crippen LogP contribution in [0.25, 0.3) is 0 Å². The highest BCUT2D eigenvalue weighted by Crippen LogP contribution is 2.24. The molecule has 1 saturated heterocycles. The number of nitrogens with two attached hydrogens (primary N) is 1. The first-order valence-corrected chi connectivity index (χ1v) is 6.95. The van der Waals surface area contributed by atoms with Gasteiger partial charge in [0, 0.05) is 32.7 Å². The van der Waals surface area contributed by atoms with Crippen LogP contribution < -0.4 is 10.6 Å². The van der Waals surface area contributed by atoms with Crippen LogP contribution in [0.3, 0.4) is 0 Å². The molecule has 3 N–H and O–H groups in total. The first kappa shape index (κ1) is 14.7. The van der Waals surface area contributed by atoms with Crippen LogP contribution in [0.15, 0.2) is 24.3 Å². The summed E-state index contributed by atoms with van der Waals surface area (Å²) < 4.78 is 0. The predicted molar refractivity (Wildman–Crippen MR) is 80.9 cm³/mol. The molecule has 1 aliphatic rings. The molecule has 0 aromatic heterocycles. The third-order valence-electron chi connectivity index (χ3n) is 3.85. The van der Waals surface area contributed by atoms with Crippen LogP contribution >= 0.6 is 0 Å². The molecule has 0 atom stereocenters. The molecule has 1 aromatic carbocycles. The molecule has 0 spiro atoms. The monoisotopic (exact) mass is 277 g/mol. The van der Waals surface area contributed by atoms with Gasteiger partial charge < -0.3 is 15.7 Å². The average Bonchev–Trinajstić information content (AvgIpc) is 2.40. The summed E-state index contributed by atoms with van der Waals surface area (Å²) in [5, 5.41) is 9.18. The van der Waals surface area contributed by atoms with Crippen LogP contribution in [0, 0.1) is 5.41 Å². The molecule has 20 heavy (non-hydrogen) atoms. The van der Waals surface area contributed by atoms with Crippen molar-refractivity contribution >= 4 is 17.3 Å². The number of hydrogen-bond acceptors (Lipinski definition) is 4. The molecule has 1 fully saturated rings. The van der Waals surface area contributed by atoms with Crippen LogP contribution in [-0.2, 0) is 4.79 Å². The summed E-state index contributed by atoms with van der Waals surface area (Å²) in [5.74, 6) is -0.743. The van der Waals surface area contributed by atoms with Crippen molar-refractivity contribution in [2.24, 2.45) is 5.41 Å². The lowest BCUT2D eigenvalue weighted by Gasteiger charge is -2.39. The fourth-order valence-corrected chi connectivity index (χ4v) is 2.55. The van der Waals surface area contributed by atoms with Gasteiger partial charge in [-0.1, -0.05) is 12.1 Å². The number of para-hydroxylation sites is 2. The van der Waals surface area contributed by atoms with Gasteiger partial charge in [0.1, 0.15) is 0 Å². The number of aliphatic carboxylic acids is 1. The van der Waals surface area contributed by atoms with E-state index in [0.717, 1.165) is 37.6 Å². The number of anilines is 2. The van der Waals surface area contributed by atoms with E-state index in [0.29, 0.717) is 6.54 Å². The number of rotatable bonds is 4. The van der Waals surface area contributed by atoms with Crippen molar-refractivity contribution in [1.82, 2.24) is 4.90 Å². The van der Waals surface area contributed by atoms with E-state index in [1.54, 1.807) is 13.8 Å². The van der Waals surface area contributed by atoms with Gasteiger partial charge in [-0.15, -0.1) is 0 Å². The van der Waals surface area contributed by atoms with Gasteiger partial charge in [0.05, 0.1) is 16.8 Å². The Kier molecular flexibility index (Phi) is 4.18. The second-order valence-electron chi connectivity index (χ2n) is 6.01. The number of nitrogens with zero attached hydrogens (tertiary/aromatic N) is 2. The van der Waals surface area contributed by atoms with Crippen molar-refractivity contribution in [3.63, 3.8) is 0 Å². The lowest BCUT2D eigenvalue weighted by molar-refractivity contribution is -0.148. The first-order valence-electron chi connectivity index (χ1n) is 6.95. The highest BCUT2D eigenvalue weighted by Gasteiger charge is 2.31. The van der Waals surface area contributed by atoms with E-state index in [4.69, 9.17) is 5.73 Å². The molecule has 1 aliphatic heterocycles. The number of benzene rings is 1. The van der Waals surface area contributed by atoms with Gasteiger partial charge in [-0.3, -0.25) is 9.69 Å². The summed E-state index contributed by atoms with van der Waals surface area (Å²) >= 11 is 0. The summed E-state index contributed by atoms with van der Waals surface area (Å²) in [6, 6.07) is 7.87. The van der Waals surface area contributed by atoms with Crippen molar-refractivity contribution < 1.29 is 9.90 Å². The molecule has 0 saturated carbocycles. The van der Waals surface area contributed by atoms with Gasteiger partial charge >= 0.3 is 5.97 Å². The molecule has 5 heteroatoms. The minimum Gasteiger partial charge on any atom is -0.481 e. The maximum Gasteiger partial charge on any atom is 0.310 e. The van der Waals surface area contributed by atoms with Gasteiger partial charge in [0.15, 0.2) is 0 Å². The van der Waals surface area contributed by atoms with E-state index in [9.17, 15) is 9.90 Å². The molecule has 1 aromatic rings. The Balaban J connectivity index is 1.93. The largest absolute Gasteiger partial charge is 0.481 e. The zero-order valence-electron chi connectivity index (χ0n) is 12.2. The van der Waals surface area contributed by atoms with Crippen molar-refractivity contribution in [2.45, 2.75) is 13.8 Å². The van der Waals surface area contributed by atoms with E-state index in [1.165, 1.54) is 0 Å². The second kappa shape index (κ2) is 5.71. The molecule has 0 aliphatic carbocycles. The Morgan fingerprint density at radius 1 is 1.25 bits per heavy atom. The Labute approximate surface area is 120 Å². The van der Waals surface area contributed by atoms with Crippen molar-refractivity contribution in [3.8, 4) is 0 Å². The van der Waals surface area contributed by atoms with E-state index in [1.807, 2.05) is 24.3 Å². The van der Waals surface area contributed by atoms with E-state index < -0.39 is 11.4 Å². The first-order chi connectivity index (χ1) is 9.40. The zero-order chi connectivity index (χ0) is 14.8. The van der Waals surface area contributed by atoms with E-state index in [2.05, 4.69) is 9.80 Å². The number of carboxylic acids is 1. The summed E-state index contributed by atoms with van der Waals surface area (Å²) in [5.41, 5.74) is 7.17. The van der Waals surface area contributed by atoms with Crippen molar-refractivity contribution in [3.05, 3.63) is 24.3 Å². The third kappa shape index (κ3) is 3.22. The van der Waals surface area contributed by atoms with E-state index in [-0.39, 0.29) is 0 Å². The maximum atomic E-state index is 11.2. The normalized spacial score (nSPS) is 17.2. The molecule has 110 valence electrons. The third-order valence-corrected chi connectivity index (χ3v) is 3.85. The average molecular weight is 277 g/mol. The minimum absolute atomic E-state index is 0.584. The fourth-order valence-electron chi connectivity index (χ4n) is 2.55. The molecule has 0 amide bonds. The summed E-state index contributed by atoms with van der Waals surface area (Å²) in [4.78, 5) is 15.6. The fraction of sp³-hybridized carbons (Fsp3) is 0.533. The zero-order valence-corrected chi connectivity index (χ0v) is 12.2. The Morgan fingerprint density at radius 2 is 1.85 bits per heavy atom. The van der Waals surface area contributed by atoms with Gasteiger partial charge in [-0.05, 0) is 26.0 Å². The molecular weight excluding hydrogens is 254 g/mol. The number of piperazine rings is 1. The predicted octanol–water partition coefficient (Wildman–Crippen LogP) is 1.50. The van der Waals surface area contributed by atoms with Gasteiger partial charge in [-0.2, -0.15) is 0 Å². The van der Waals surface area contributed by atoms with Crippen LogP contribution in [0.1, 0.15) is 13.8 Å². The quantitative estimate of drug-likeness (QED) is 0.816. The van der Waals surface area contributed by atoms with Crippen molar-refractivity contribution in [1.29, 1.82) is 0 Å². The Hall–Kier alpha value is -1.75. The summed E-state index contributed by atoms with van der Waals surface area (Å²) in [6.45, 7) is 7.62. The van der Waals surface area contributed by atoms with Gasteiger partial charge in [0.2, 0.25) is 0 Å². The topological polar surface area (TPSA) is 69.8 Å². The minimum atomic E-state index is -0.743.